The van der Waals surface area contributed by atoms with Crippen molar-refractivity contribution in [3.05, 3.63) is 35.7 Å². The maximum atomic E-state index is 9.26. The second-order valence-electron chi connectivity index (χ2n) is 3.02. The minimum absolute atomic E-state index is 0.0976. The lowest BCUT2D eigenvalue weighted by atomic mass is 10.1. The molecule has 0 saturated heterocycles. The number of hydrogen-bond acceptors (Lipinski definition) is 4. The number of pyridine rings is 2. The van der Waals surface area contributed by atoms with Crippen LogP contribution in [0.5, 0.6) is 5.75 Å². The number of halogens is 1. The average Bonchev–Trinajstić information content (AvgIpc) is 2.22. The van der Waals surface area contributed by atoms with Crippen LogP contribution in [0.2, 0.25) is 5.02 Å². The van der Waals surface area contributed by atoms with Crippen molar-refractivity contribution < 1.29 is 5.11 Å². The van der Waals surface area contributed by atoms with Crippen molar-refractivity contribution in [3.63, 3.8) is 0 Å². The summed E-state index contributed by atoms with van der Waals surface area (Å²) in [5.74, 6) is 0.383. The van der Waals surface area contributed by atoms with E-state index < -0.39 is 0 Å². The molecular weight excluding hydrogens is 214 g/mol. The Bertz CT molecular complexity index is 502. The fourth-order valence-electron chi connectivity index (χ4n) is 1.19. The summed E-state index contributed by atoms with van der Waals surface area (Å²) in [4.78, 5) is 7.78. The van der Waals surface area contributed by atoms with E-state index in [2.05, 4.69) is 9.97 Å². The highest BCUT2D eigenvalue weighted by molar-refractivity contribution is 6.33. The molecule has 3 N–H and O–H groups in total. The van der Waals surface area contributed by atoms with Gasteiger partial charge in [0.2, 0.25) is 0 Å². The summed E-state index contributed by atoms with van der Waals surface area (Å²) in [7, 11) is 0. The molecule has 2 aromatic rings. The van der Waals surface area contributed by atoms with Crippen LogP contribution in [0, 0.1) is 0 Å². The molecule has 0 aromatic carbocycles. The summed E-state index contributed by atoms with van der Waals surface area (Å²) >= 11 is 5.83. The van der Waals surface area contributed by atoms with E-state index in [1.165, 1.54) is 6.20 Å². The molecule has 5 heteroatoms. The van der Waals surface area contributed by atoms with E-state index >= 15 is 0 Å². The third kappa shape index (κ3) is 1.99. The van der Waals surface area contributed by atoms with Crippen molar-refractivity contribution in [1.29, 1.82) is 0 Å². The second kappa shape index (κ2) is 3.74. The van der Waals surface area contributed by atoms with Gasteiger partial charge in [0.25, 0.3) is 0 Å². The summed E-state index contributed by atoms with van der Waals surface area (Å²) in [6, 6.07) is 3.26. The van der Waals surface area contributed by atoms with Gasteiger partial charge in [0.15, 0.2) is 0 Å². The molecule has 0 atom stereocenters. The largest absolute Gasteiger partial charge is 0.506 e. The molecule has 0 amide bonds. The van der Waals surface area contributed by atoms with Crippen molar-refractivity contribution in [3.8, 4) is 16.9 Å². The number of rotatable bonds is 1. The van der Waals surface area contributed by atoms with Crippen molar-refractivity contribution in [2.75, 3.05) is 5.73 Å². The maximum Gasteiger partial charge on any atom is 0.142 e. The molecule has 0 aliphatic heterocycles. The third-order valence-electron chi connectivity index (χ3n) is 1.93. The van der Waals surface area contributed by atoms with Gasteiger partial charge in [-0.2, -0.15) is 0 Å². The first-order chi connectivity index (χ1) is 7.16. The minimum atomic E-state index is 0.0976. The number of nitrogen functional groups attached to an aromatic ring is 1. The predicted molar refractivity (Wildman–Crippen MR) is 58.6 cm³/mol. The Hall–Kier alpha value is -1.81. The number of anilines is 1. The van der Waals surface area contributed by atoms with Crippen molar-refractivity contribution in [2.45, 2.75) is 0 Å². The van der Waals surface area contributed by atoms with Gasteiger partial charge in [-0.3, -0.25) is 4.98 Å². The van der Waals surface area contributed by atoms with Crippen LogP contribution < -0.4 is 5.73 Å². The summed E-state index contributed by atoms with van der Waals surface area (Å²) in [6.07, 6.45) is 4.55. The highest BCUT2D eigenvalue weighted by Crippen LogP contribution is 2.26. The van der Waals surface area contributed by atoms with Crippen LogP contribution in [0.25, 0.3) is 11.1 Å². The van der Waals surface area contributed by atoms with E-state index in [0.29, 0.717) is 5.02 Å². The van der Waals surface area contributed by atoms with Gasteiger partial charge >= 0.3 is 0 Å². The molecule has 0 aliphatic carbocycles. The second-order valence-corrected chi connectivity index (χ2v) is 3.43. The van der Waals surface area contributed by atoms with Crippen molar-refractivity contribution in [2.24, 2.45) is 0 Å². The van der Waals surface area contributed by atoms with Crippen molar-refractivity contribution >= 4 is 17.4 Å². The van der Waals surface area contributed by atoms with E-state index in [0.717, 1.165) is 11.1 Å². The van der Waals surface area contributed by atoms with E-state index in [1.807, 2.05) is 0 Å². The summed E-state index contributed by atoms with van der Waals surface area (Å²) in [5, 5.41) is 9.64. The Labute approximate surface area is 91.4 Å². The lowest BCUT2D eigenvalue weighted by Gasteiger charge is -2.03. The lowest BCUT2D eigenvalue weighted by molar-refractivity contribution is 0.473. The molecule has 0 unspecified atom stereocenters. The van der Waals surface area contributed by atoms with Crippen LogP contribution in [-0.4, -0.2) is 15.1 Å². The smallest absolute Gasteiger partial charge is 0.142 e. The quantitative estimate of drug-likeness (QED) is 0.774. The molecule has 0 aliphatic rings. The van der Waals surface area contributed by atoms with E-state index in [-0.39, 0.29) is 11.6 Å². The number of aromatic hydroxyl groups is 1. The van der Waals surface area contributed by atoms with Gasteiger partial charge in [-0.25, -0.2) is 4.98 Å². The maximum absolute atomic E-state index is 9.26. The summed E-state index contributed by atoms with van der Waals surface area (Å²) in [6.45, 7) is 0. The lowest BCUT2D eigenvalue weighted by Crippen LogP contribution is -1.91. The standard InChI is InChI=1S/C10H8ClN3O/c11-9-2-7(4-14-10(9)12)6-1-8(15)5-13-3-6/h1-5,15H,(H2,12,14). The Morgan fingerprint density at radius 2 is 1.87 bits per heavy atom. The number of hydrogen-bond donors (Lipinski definition) is 2. The molecule has 4 nitrogen and oxygen atoms in total. The monoisotopic (exact) mass is 221 g/mol. The molecule has 0 fully saturated rings. The first-order valence-corrected chi connectivity index (χ1v) is 4.60. The molecule has 15 heavy (non-hydrogen) atoms. The normalized spacial score (nSPS) is 10.2. The summed E-state index contributed by atoms with van der Waals surface area (Å²) in [5.41, 5.74) is 6.99. The molecule has 2 aromatic heterocycles. The van der Waals surface area contributed by atoms with Gasteiger partial charge in [0.05, 0.1) is 11.2 Å². The van der Waals surface area contributed by atoms with E-state index in [9.17, 15) is 5.11 Å². The topological polar surface area (TPSA) is 72.0 Å². The molecule has 0 bridgehead atoms. The zero-order chi connectivity index (χ0) is 10.8. The number of aromatic nitrogens is 2. The van der Waals surface area contributed by atoms with Gasteiger partial charge in [-0.05, 0) is 12.1 Å². The predicted octanol–water partition coefficient (Wildman–Crippen LogP) is 2.08. The first kappa shape index (κ1) is 9.73. The van der Waals surface area contributed by atoms with Crippen LogP contribution in [-0.2, 0) is 0 Å². The third-order valence-corrected chi connectivity index (χ3v) is 2.23. The molecule has 0 spiro atoms. The summed E-state index contributed by atoms with van der Waals surface area (Å²) < 4.78 is 0. The van der Waals surface area contributed by atoms with E-state index in [1.54, 1.807) is 24.5 Å². The van der Waals surface area contributed by atoms with Crippen molar-refractivity contribution in [1.82, 2.24) is 9.97 Å². The molecule has 76 valence electrons. The molecule has 2 heterocycles. The highest BCUT2D eigenvalue weighted by atomic mass is 35.5. The van der Waals surface area contributed by atoms with Crippen LogP contribution >= 0.6 is 11.6 Å². The van der Waals surface area contributed by atoms with Gasteiger partial charge in [0.1, 0.15) is 11.6 Å². The highest BCUT2D eigenvalue weighted by Gasteiger charge is 2.03. The molecule has 0 radical (unpaired) electrons. The molecular formula is C10H8ClN3O. The van der Waals surface area contributed by atoms with Gasteiger partial charge in [-0.15, -0.1) is 0 Å². The fourth-order valence-corrected chi connectivity index (χ4v) is 1.36. The zero-order valence-corrected chi connectivity index (χ0v) is 8.44. The first-order valence-electron chi connectivity index (χ1n) is 4.22. The Morgan fingerprint density at radius 1 is 1.13 bits per heavy atom. The average molecular weight is 222 g/mol. The Balaban J connectivity index is 2.50. The number of nitrogens with two attached hydrogens (primary N) is 1. The van der Waals surface area contributed by atoms with Gasteiger partial charge < -0.3 is 10.8 Å². The fraction of sp³-hybridized carbons (Fsp3) is 0. The zero-order valence-electron chi connectivity index (χ0n) is 7.68. The molecule has 0 saturated carbocycles. The Kier molecular flexibility index (Phi) is 2.43. The minimum Gasteiger partial charge on any atom is -0.506 e. The van der Waals surface area contributed by atoms with Crippen LogP contribution in [0.15, 0.2) is 30.7 Å². The van der Waals surface area contributed by atoms with Gasteiger partial charge in [-0.1, -0.05) is 11.6 Å². The Morgan fingerprint density at radius 3 is 2.53 bits per heavy atom. The number of nitrogens with zero attached hydrogens (tertiary/aromatic N) is 2. The van der Waals surface area contributed by atoms with E-state index in [4.69, 9.17) is 17.3 Å². The SMILES string of the molecule is Nc1ncc(-c2cncc(O)c2)cc1Cl. The van der Waals surface area contributed by atoms with Gasteiger partial charge in [0, 0.05) is 23.5 Å². The molecule has 2 rings (SSSR count). The van der Waals surface area contributed by atoms with Crippen LogP contribution in [0.4, 0.5) is 5.82 Å². The van der Waals surface area contributed by atoms with Crippen LogP contribution in [0.3, 0.4) is 0 Å². The van der Waals surface area contributed by atoms with Crippen LogP contribution in [0.1, 0.15) is 0 Å².